The van der Waals surface area contributed by atoms with Crippen LogP contribution in [0.15, 0.2) is 53.6 Å². The molecule has 0 spiro atoms. The van der Waals surface area contributed by atoms with Crippen molar-refractivity contribution in [1.29, 1.82) is 0 Å². The summed E-state index contributed by atoms with van der Waals surface area (Å²) >= 11 is -2.27. The number of rotatable bonds is 3. The maximum Gasteiger partial charge on any atom is 0.220 e. The Hall–Kier alpha value is -1.72. The molecule has 16 heavy (non-hydrogen) atoms. The number of ether oxygens (including phenoxy) is 1. The smallest absolute Gasteiger partial charge is 0.220 e. The maximum atomic E-state index is 10.7. The minimum absolute atomic E-state index is 0.154. The summed E-state index contributed by atoms with van der Waals surface area (Å²) in [6, 6.07) is 11.8. The number of benzene rings is 1. The Morgan fingerprint density at radius 2 is 1.94 bits per heavy atom. The molecule has 2 rings (SSSR count). The fourth-order valence-corrected chi connectivity index (χ4v) is 1.53. The third kappa shape index (κ3) is 2.65. The van der Waals surface area contributed by atoms with E-state index in [1.807, 2.05) is 18.2 Å². The maximum absolute atomic E-state index is 10.7. The molecule has 2 aromatic rings. The SMILES string of the molecule is O=S([O-])c1ccnc(Oc2ccccc2)c1. The molecule has 1 unspecified atom stereocenters. The standard InChI is InChI=1S/C11H9NO3S/c13-16(14)10-6-7-12-11(8-10)15-9-4-2-1-3-5-9/h1-8H,(H,13,14)/p-1. The van der Waals surface area contributed by atoms with Crippen molar-refractivity contribution in [3.63, 3.8) is 0 Å². The molecule has 0 aliphatic heterocycles. The summed E-state index contributed by atoms with van der Waals surface area (Å²) < 4.78 is 26.8. The van der Waals surface area contributed by atoms with Gasteiger partial charge in [0.2, 0.25) is 5.88 Å². The van der Waals surface area contributed by atoms with Crippen molar-refractivity contribution >= 4 is 11.1 Å². The predicted octanol–water partition coefficient (Wildman–Crippen LogP) is 2.11. The second kappa shape index (κ2) is 4.87. The molecule has 82 valence electrons. The van der Waals surface area contributed by atoms with Crippen LogP contribution >= 0.6 is 0 Å². The van der Waals surface area contributed by atoms with Gasteiger partial charge in [-0.25, -0.2) is 4.98 Å². The lowest BCUT2D eigenvalue weighted by molar-refractivity contribution is 0.460. The van der Waals surface area contributed by atoms with E-state index in [1.165, 1.54) is 18.3 Å². The lowest BCUT2D eigenvalue weighted by Crippen LogP contribution is -1.92. The minimum Gasteiger partial charge on any atom is -0.768 e. The Bertz CT molecular complexity index is 502. The number of hydrogen-bond acceptors (Lipinski definition) is 4. The van der Waals surface area contributed by atoms with Crippen LogP contribution < -0.4 is 4.74 Å². The van der Waals surface area contributed by atoms with Crippen LogP contribution in [0.2, 0.25) is 0 Å². The van der Waals surface area contributed by atoms with Crippen LogP contribution in [0.4, 0.5) is 0 Å². The van der Waals surface area contributed by atoms with Gasteiger partial charge in [-0.15, -0.1) is 0 Å². The molecule has 0 amide bonds. The van der Waals surface area contributed by atoms with E-state index in [-0.39, 0.29) is 10.8 Å². The number of pyridine rings is 1. The van der Waals surface area contributed by atoms with Gasteiger partial charge in [-0.1, -0.05) is 18.2 Å². The van der Waals surface area contributed by atoms with Gasteiger partial charge in [0.1, 0.15) is 5.75 Å². The van der Waals surface area contributed by atoms with Gasteiger partial charge in [0.25, 0.3) is 0 Å². The summed E-state index contributed by atoms with van der Waals surface area (Å²) in [5, 5.41) is 0. The third-order valence-electron chi connectivity index (χ3n) is 1.86. The molecular weight excluding hydrogens is 226 g/mol. The van der Waals surface area contributed by atoms with Crippen LogP contribution in [-0.4, -0.2) is 13.7 Å². The quantitative estimate of drug-likeness (QED) is 0.763. The topological polar surface area (TPSA) is 62.2 Å². The van der Waals surface area contributed by atoms with Gasteiger partial charge in [-0.3, -0.25) is 4.21 Å². The highest BCUT2D eigenvalue weighted by atomic mass is 32.2. The van der Waals surface area contributed by atoms with Crippen molar-refractivity contribution in [3.8, 4) is 11.6 Å². The van der Waals surface area contributed by atoms with Crippen LogP contribution in [0.5, 0.6) is 11.6 Å². The first-order chi connectivity index (χ1) is 7.75. The van der Waals surface area contributed by atoms with Gasteiger partial charge in [0, 0.05) is 17.2 Å². The summed E-state index contributed by atoms with van der Waals surface area (Å²) in [6.45, 7) is 0. The minimum atomic E-state index is -2.27. The van der Waals surface area contributed by atoms with Crippen molar-refractivity contribution in [1.82, 2.24) is 4.98 Å². The van der Waals surface area contributed by atoms with E-state index in [9.17, 15) is 8.76 Å². The molecule has 1 aromatic carbocycles. The highest BCUT2D eigenvalue weighted by Gasteiger charge is 1.99. The summed E-state index contributed by atoms with van der Waals surface area (Å²) in [4.78, 5) is 4.08. The molecule has 0 N–H and O–H groups in total. The highest BCUT2D eigenvalue weighted by Crippen LogP contribution is 2.19. The van der Waals surface area contributed by atoms with Crippen LogP contribution in [-0.2, 0) is 11.1 Å². The zero-order valence-electron chi connectivity index (χ0n) is 8.20. The first kappa shape index (κ1) is 10.8. The average molecular weight is 234 g/mol. The molecule has 1 heterocycles. The Morgan fingerprint density at radius 3 is 2.62 bits per heavy atom. The second-order valence-electron chi connectivity index (χ2n) is 2.98. The predicted molar refractivity (Wildman–Crippen MR) is 57.9 cm³/mol. The molecule has 0 saturated carbocycles. The van der Waals surface area contributed by atoms with Crippen LogP contribution in [0.25, 0.3) is 0 Å². The van der Waals surface area contributed by atoms with E-state index in [2.05, 4.69) is 4.98 Å². The first-order valence-electron chi connectivity index (χ1n) is 4.54. The monoisotopic (exact) mass is 234 g/mol. The molecular formula is C11H8NO3S-. The van der Waals surface area contributed by atoms with Gasteiger partial charge < -0.3 is 9.29 Å². The van der Waals surface area contributed by atoms with Crippen molar-refractivity contribution in [2.75, 3.05) is 0 Å². The molecule has 1 atom stereocenters. The molecule has 0 radical (unpaired) electrons. The van der Waals surface area contributed by atoms with Gasteiger partial charge in [0.15, 0.2) is 0 Å². The van der Waals surface area contributed by atoms with E-state index < -0.39 is 11.1 Å². The fraction of sp³-hybridized carbons (Fsp3) is 0. The number of hydrogen-bond donors (Lipinski definition) is 0. The van der Waals surface area contributed by atoms with Gasteiger partial charge in [-0.05, 0) is 29.3 Å². The van der Waals surface area contributed by atoms with E-state index in [0.29, 0.717) is 5.75 Å². The zero-order valence-corrected chi connectivity index (χ0v) is 9.02. The molecule has 0 aliphatic rings. The van der Waals surface area contributed by atoms with E-state index in [0.717, 1.165) is 0 Å². The van der Waals surface area contributed by atoms with Crippen molar-refractivity contribution < 1.29 is 13.5 Å². The zero-order chi connectivity index (χ0) is 11.4. The molecule has 0 bridgehead atoms. The molecule has 4 nitrogen and oxygen atoms in total. The Balaban J connectivity index is 2.22. The number of para-hydroxylation sites is 1. The molecule has 0 aliphatic carbocycles. The Kier molecular flexibility index (Phi) is 3.28. The summed E-state index contributed by atoms with van der Waals surface area (Å²) in [7, 11) is 0. The first-order valence-corrected chi connectivity index (χ1v) is 5.61. The lowest BCUT2D eigenvalue weighted by Gasteiger charge is -2.07. The highest BCUT2D eigenvalue weighted by molar-refractivity contribution is 7.79. The van der Waals surface area contributed by atoms with Crippen molar-refractivity contribution in [3.05, 3.63) is 48.7 Å². The number of nitrogens with zero attached hydrogens (tertiary/aromatic N) is 1. The van der Waals surface area contributed by atoms with Gasteiger partial charge in [-0.2, -0.15) is 0 Å². The van der Waals surface area contributed by atoms with E-state index in [1.54, 1.807) is 12.1 Å². The van der Waals surface area contributed by atoms with Crippen LogP contribution in [0, 0.1) is 0 Å². The molecule has 0 saturated heterocycles. The van der Waals surface area contributed by atoms with Gasteiger partial charge >= 0.3 is 0 Å². The van der Waals surface area contributed by atoms with Crippen LogP contribution in [0.3, 0.4) is 0 Å². The summed E-state index contributed by atoms with van der Waals surface area (Å²) in [6.07, 6.45) is 1.39. The molecule has 1 aromatic heterocycles. The summed E-state index contributed by atoms with van der Waals surface area (Å²) in [5.41, 5.74) is 0. The normalized spacial score (nSPS) is 12.1. The second-order valence-corrected chi connectivity index (χ2v) is 3.92. The molecule has 5 heteroatoms. The summed E-state index contributed by atoms with van der Waals surface area (Å²) in [5.74, 6) is 0.872. The fourth-order valence-electron chi connectivity index (χ4n) is 1.16. The van der Waals surface area contributed by atoms with Crippen LogP contribution in [0.1, 0.15) is 0 Å². The largest absolute Gasteiger partial charge is 0.768 e. The Labute approximate surface area is 95.2 Å². The van der Waals surface area contributed by atoms with Crippen molar-refractivity contribution in [2.45, 2.75) is 4.90 Å². The Morgan fingerprint density at radius 1 is 1.19 bits per heavy atom. The van der Waals surface area contributed by atoms with E-state index >= 15 is 0 Å². The number of aromatic nitrogens is 1. The lowest BCUT2D eigenvalue weighted by atomic mass is 10.3. The molecule has 0 fully saturated rings. The van der Waals surface area contributed by atoms with Gasteiger partial charge in [0.05, 0.1) is 0 Å². The third-order valence-corrected chi connectivity index (χ3v) is 2.50. The van der Waals surface area contributed by atoms with Crippen molar-refractivity contribution in [2.24, 2.45) is 0 Å². The average Bonchev–Trinajstić information content (AvgIpc) is 2.30. The van der Waals surface area contributed by atoms with E-state index in [4.69, 9.17) is 4.74 Å².